The largest absolute Gasteiger partial charge is 0.386 e. The molecule has 0 unspecified atom stereocenters. The van der Waals surface area contributed by atoms with Crippen LogP contribution in [0.2, 0.25) is 0 Å². The van der Waals surface area contributed by atoms with Crippen molar-refractivity contribution >= 4 is 23.2 Å². The van der Waals surface area contributed by atoms with Crippen molar-refractivity contribution in [3.05, 3.63) is 22.4 Å². The summed E-state index contributed by atoms with van der Waals surface area (Å²) in [7, 11) is 0. The van der Waals surface area contributed by atoms with E-state index in [9.17, 15) is 9.59 Å². The molecular formula is C7H7NO4S. The fourth-order valence-corrected chi connectivity index (χ4v) is 1.18. The Balaban J connectivity index is 2.39. The zero-order valence-electron chi connectivity index (χ0n) is 6.52. The highest BCUT2D eigenvalue weighted by Gasteiger charge is 2.09. The zero-order valence-corrected chi connectivity index (χ0v) is 7.34. The van der Waals surface area contributed by atoms with Crippen molar-refractivity contribution in [3.63, 3.8) is 0 Å². The van der Waals surface area contributed by atoms with Crippen LogP contribution in [0.5, 0.6) is 0 Å². The van der Waals surface area contributed by atoms with Gasteiger partial charge < -0.3 is 9.94 Å². The van der Waals surface area contributed by atoms with E-state index in [0.29, 0.717) is 4.88 Å². The number of aliphatic hydroxyl groups excluding tert-OH is 1. The highest BCUT2D eigenvalue weighted by Crippen LogP contribution is 2.08. The summed E-state index contributed by atoms with van der Waals surface area (Å²) in [4.78, 5) is 26.2. The molecule has 0 radical (unpaired) electrons. The second-order valence-electron chi connectivity index (χ2n) is 2.05. The smallest absolute Gasteiger partial charge is 0.372 e. The molecule has 6 heteroatoms. The number of thiophene rings is 1. The van der Waals surface area contributed by atoms with E-state index in [0.717, 1.165) is 0 Å². The van der Waals surface area contributed by atoms with Crippen molar-refractivity contribution in [3.8, 4) is 0 Å². The monoisotopic (exact) mass is 201 g/mol. The first-order valence-corrected chi connectivity index (χ1v) is 4.26. The van der Waals surface area contributed by atoms with Gasteiger partial charge in [0.1, 0.15) is 11.5 Å². The van der Waals surface area contributed by atoms with Gasteiger partial charge in [-0.05, 0) is 11.4 Å². The zero-order chi connectivity index (χ0) is 9.68. The van der Waals surface area contributed by atoms with E-state index < -0.39 is 18.5 Å². The lowest BCUT2D eigenvalue weighted by Gasteiger charge is -2.01. The molecule has 1 aromatic heterocycles. The first kappa shape index (κ1) is 9.69. The van der Waals surface area contributed by atoms with Crippen molar-refractivity contribution < 1.29 is 19.5 Å². The minimum atomic E-state index is -0.759. The van der Waals surface area contributed by atoms with Gasteiger partial charge in [0.15, 0.2) is 0 Å². The first-order valence-electron chi connectivity index (χ1n) is 3.38. The number of aliphatic hydroxyl groups is 1. The van der Waals surface area contributed by atoms with Crippen molar-refractivity contribution in [1.82, 2.24) is 5.48 Å². The SMILES string of the molecule is O=C(CO)NOC(=O)c1cccs1. The Morgan fingerprint density at radius 3 is 2.92 bits per heavy atom. The van der Waals surface area contributed by atoms with Gasteiger partial charge >= 0.3 is 5.97 Å². The van der Waals surface area contributed by atoms with E-state index in [1.54, 1.807) is 23.0 Å². The number of hydroxylamine groups is 1. The number of carbonyl (C=O) groups is 2. The summed E-state index contributed by atoms with van der Waals surface area (Å²) in [5.74, 6) is -1.40. The fraction of sp³-hybridized carbons (Fsp3) is 0.143. The topological polar surface area (TPSA) is 75.6 Å². The van der Waals surface area contributed by atoms with Crippen LogP contribution < -0.4 is 5.48 Å². The molecule has 1 amide bonds. The quantitative estimate of drug-likeness (QED) is 0.657. The number of carbonyl (C=O) groups excluding carboxylic acids is 2. The molecular weight excluding hydrogens is 194 g/mol. The molecule has 0 aliphatic carbocycles. The Morgan fingerprint density at radius 2 is 2.38 bits per heavy atom. The molecule has 0 saturated heterocycles. The maximum absolute atomic E-state index is 11.0. The lowest BCUT2D eigenvalue weighted by atomic mass is 10.5. The molecule has 0 aliphatic heterocycles. The van der Waals surface area contributed by atoms with E-state index in [-0.39, 0.29) is 0 Å². The molecule has 1 heterocycles. The number of nitrogens with one attached hydrogen (secondary N) is 1. The highest BCUT2D eigenvalue weighted by atomic mass is 32.1. The molecule has 0 aromatic carbocycles. The summed E-state index contributed by atoms with van der Waals surface area (Å²) >= 11 is 1.20. The third-order valence-corrected chi connectivity index (χ3v) is 1.97. The maximum atomic E-state index is 11.0. The molecule has 1 aromatic rings. The Kier molecular flexibility index (Phi) is 3.41. The lowest BCUT2D eigenvalue weighted by Crippen LogP contribution is -2.29. The van der Waals surface area contributed by atoms with Gasteiger partial charge in [-0.15, -0.1) is 11.3 Å². The van der Waals surface area contributed by atoms with E-state index in [1.807, 2.05) is 0 Å². The minimum Gasteiger partial charge on any atom is -0.386 e. The maximum Gasteiger partial charge on any atom is 0.372 e. The normalized spacial score (nSPS) is 9.31. The minimum absolute atomic E-state index is 0.387. The number of amides is 1. The van der Waals surface area contributed by atoms with Crippen LogP contribution >= 0.6 is 11.3 Å². The second kappa shape index (κ2) is 4.58. The van der Waals surface area contributed by atoms with Crippen LogP contribution in [0.15, 0.2) is 17.5 Å². The van der Waals surface area contributed by atoms with Crippen LogP contribution in [0.4, 0.5) is 0 Å². The fourth-order valence-electron chi connectivity index (χ4n) is 0.581. The van der Waals surface area contributed by atoms with E-state index >= 15 is 0 Å². The summed E-state index contributed by atoms with van der Waals surface area (Å²) in [6, 6.07) is 3.26. The second-order valence-corrected chi connectivity index (χ2v) is 3.00. The van der Waals surface area contributed by atoms with Gasteiger partial charge in [-0.2, -0.15) is 5.48 Å². The molecule has 5 nitrogen and oxygen atoms in total. The van der Waals surface area contributed by atoms with Gasteiger partial charge in [-0.1, -0.05) is 6.07 Å². The Bertz CT molecular complexity index is 295. The predicted molar refractivity (Wildman–Crippen MR) is 45.0 cm³/mol. The first-order chi connectivity index (χ1) is 6.24. The van der Waals surface area contributed by atoms with E-state index in [2.05, 4.69) is 4.84 Å². The number of hydrogen-bond acceptors (Lipinski definition) is 5. The van der Waals surface area contributed by atoms with Crippen LogP contribution in [0.3, 0.4) is 0 Å². The average Bonchev–Trinajstić information content (AvgIpc) is 2.66. The van der Waals surface area contributed by atoms with Gasteiger partial charge in [-0.25, -0.2) is 4.79 Å². The van der Waals surface area contributed by atoms with Crippen molar-refractivity contribution in [1.29, 1.82) is 0 Å². The molecule has 13 heavy (non-hydrogen) atoms. The van der Waals surface area contributed by atoms with Gasteiger partial charge in [-0.3, -0.25) is 4.79 Å². The van der Waals surface area contributed by atoms with Gasteiger partial charge in [0.05, 0.1) is 0 Å². The van der Waals surface area contributed by atoms with Crippen LogP contribution in [-0.2, 0) is 9.63 Å². The molecule has 0 fully saturated rings. The Labute approximate surface area is 77.9 Å². The van der Waals surface area contributed by atoms with Crippen LogP contribution in [-0.4, -0.2) is 23.6 Å². The van der Waals surface area contributed by atoms with Gasteiger partial charge in [0.2, 0.25) is 0 Å². The Hall–Kier alpha value is -1.40. The summed E-state index contributed by atoms with van der Waals surface area (Å²) in [6.45, 7) is -0.711. The number of rotatable bonds is 2. The summed E-state index contributed by atoms with van der Waals surface area (Å²) in [6.07, 6.45) is 0. The molecule has 0 aliphatic rings. The molecule has 0 spiro atoms. The molecule has 0 saturated carbocycles. The third kappa shape index (κ3) is 2.85. The molecule has 0 atom stereocenters. The van der Waals surface area contributed by atoms with Crippen molar-refractivity contribution in [2.75, 3.05) is 6.61 Å². The van der Waals surface area contributed by atoms with Gasteiger partial charge in [0.25, 0.3) is 5.91 Å². The summed E-state index contributed by atoms with van der Waals surface area (Å²) < 4.78 is 0. The van der Waals surface area contributed by atoms with Crippen LogP contribution in [0, 0.1) is 0 Å². The van der Waals surface area contributed by atoms with Crippen molar-refractivity contribution in [2.45, 2.75) is 0 Å². The van der Waals surface area contributed by atoms with Crippen LogP contribution in [0.25, 0.3) is 0 Å². The lowest BCUT2D eigenvalue weighted by molar-refractivity contribution is -0.132. The standard InChI is InChI=1S/C7H7NO4S/c9-4-6(10)8-12-7(11)5-2-1-3-13-5/h1-3,9H,4H2,(H,8,10). The van der Waals surface area contributed by atoms with Crippen LogP contribution in [0.1, 0.15) is 9.67 Å². The third-order valence-electron chi connectivity index (χ3n) is 1.12. The molecule has 0 bridgehead atoms. The van der Waals surface area contributed by atoms with Crippen molar-refractivity contribution in [2.24, 2.45) is 0 Å². The molecule has 70 valence electrons. The number of hydrogen-bond donors (Lipinski definition) is 2. The van der Waals surface area contributed by atoms with E-state index in [4.69, 9.17) is 5.11 Å². The predicted octanol–water partition coefficient (Wildman–Crippen LogP) is -0.0716. The average molecular weight is 201 g/mol. The van der Waals surface area contributed by atoms with E-state index in [1.165, 1.54) is 11.3 Å². The van der Waals surface area contributed by atoms with Gasteiger partial charge in [0, 0.05) is 0 Å². The summed E-state index contributed by atoms with van der Waals surface area (Å²) in [5.41, 5.74) is 1.79. The summed E-state index contributed by atoms with van der Waals surface area (Å²) in [5, 5.41) is 9.99. The molecule has 2 N–H and O–H groups in total. The molecule has 1 rings (SSSR count). The highest BCUT2D eigenvalue weighted by molar-refractivity contribution is 7.11. The Morgan fingerprint density at radius 1 is 1.62 bits per heavy atom.